The Morgan fingerprint density at radius 3 is 2.61 bits per heavy atom. The molecule has 0 bridgehead atoms. The van der Waals surface area contributed by atoms with Gasteiger partial charge in [0.2, 0.25) is 0 Å². The zero-order valence-electron chi connectivity index (χ0n) is 11.9. The Bertz CT molecular complexity index is 432. The van der Waals surface area contributed by atoms with Crippen molar-refractivity contribution in [2.75, 3.05) is 13.6 Å². The molecule has 1 fully saturated rings. The van der Waals surface area contributed by atoms with Crippen LogP contribution in [0.2, 0.25) is 0 Å². The molecule has 3 nitrogen and oxygen atoms in total. The molecule has 1 N–H and O–H groups in total. The van der Waals surface area contributed by atoms with Crippen molar-refractivity contribution < 1.29 is 0 Å². The normalized spacial score (nSPS) is 21.6. The molecule has 0 aliphatic carbocycles. The van der Waals surface area contributed by atoms with Crippen LogP contribution in [0.4, 0.5) is 0 Å². The minimum atomic E-state index is 0.156. The van der Waals surface area contributed by atoms with Gasteiger partial charge in [-0.15, -0.1) is 0 Å². The number of guanidine groups is 1. The van der Waals surface area contributed by atoms with E-state index in [0.717, 1.165) is 19.0 Å². The molecular formula is C14H23N3S. The first-order valence-corrected chi connectivity index (χ1v) is 7.32. The second-order valence-electron chi connectivity index (χ2n) is 6.06. The minimum Gasteiger partial charge on any atom is -0.352 e. The van der Waals surface area contributed by atoms with Gasteiger partial charge in [-0.1, -0.05) is 13.8 Å². The Hall–Kier alpha value is -1.03. The number of hydrogen-bond donors (Lipinski definition) is 1. The number of hydrogen-bond acceptors (Lipinski definition) is 2. The van der Waals surface area contributed by atoms with E-state index in [2.05, 4.69) is 59.7 Å². The van der Waals surface area contributed by atoms with Gasteiger partial charge in [0.05, 0.1) is 0 Å². The van der Waals surface area contributed by atoms with Gasteiger partial charge in [0, 0.05) is 31.1 Å². The van der Waals surface area contributed by atoms with E-state index in [1.807, 2.05) is 7.05 Å². The predicted octanol–water partition coefficient (Wildman–Crippen LogP) is 2.94. The first-order chi connectivity index (χ1) is 8.38. The van der Waals surface area contributed by atoms with Crippen LogP contribution < -0.4 is 5.32 Å². The smallest absolute Gasteiger partial charge is 0.194 e. The van der Waals surface area contributed by atoms with Gasteiger partial charge in [-0.2, -0.15) is 11.3 Å². The van der Waals surface area contributed by atoms with Crippen LogP contribution in [0.5, 0.6) is 0 Å². The highest BCUT2D eigenvalue weighted by atomic mass is 32.1. The van der Waals surface area contributed by atoms with E-state index >= 15 is 0 Å². The van der Waals surface area contributed by atoms with Crippen LogP contribution in [0.15, 0.2) is 21.8 Å². The quantitative estimate of drug-likeness (QED) is 0.657. The van der Waals surface area contributed by atoms with Crippen molar-refractivity contribution in [3.05, 3.63) is 22.4 Å². The van der Waals surface area contributed by atoms with Gasteiger partial charge < -0.3 is 10.2 Å². The summed E-state index contributed by atoms with van der Waals surface area (Å²) >= 11 is 1.73. The van der Waals surface area contributed by atoms with Gasteiger partial charge in [-0.05, 0) is 36.2 Å². The standard InChI is InChI=1S/C14H23N3S/c1-13(2)10-17(14(13,3)4)12(15-5)16-8-11-6-7-18-9-11/h6-7,9H,8,10H2,1-5H3,(H,15,16). The van der Waals surface area contributed by atoms with Gasteiger partial charge in [-0.25, -0.2) is 0 Å². The first kappa shape index (κ1) is 13.4. The van der Waals surface area contributed by atoms with Gasteiger partial charge in [0.1, 0.15) is 0 Å². The lowest BCUT2D eigenvalue weighted by atomic mass is 9.65. The molecule has 0 amide bonds. The fraction of sp³-hybridized carbons (Fsp3) is 0.643. The Morgan fingerprint density at radius 2 is 2.17 bits per heavy atom. The first-order valence-electron chi connectivity index (χ1n) is 6.38. The average Bonchev–Trinajstić information content (AvgIpc) is 2.81. The highest BCUT2D eigenvalue weighted by Crippen LogP contribution is 2.46. The molecule has 2 rings (SSSR count). The number of rotatable bonds is 2. The number of nitrogens with zero attached hydrogens (tertiary/aromatic N) is 2. The molecular weight excluding hydrogens is 242 g/mol. The summed E-state index contributed by atoms with van der Waals surface area (Å²) in [6.07, 6.45) is 0. The lowest BCUT2D eigenvalue weighted by Crippen LogP contribution is -2.72. The van der Waals surface area contributed by atoms with Crippen LogP contribution in [0.25, 0.3) is 0 Å². The number of thiophene rings is 1. The molecule has 18 heavy (non-hydrogen) atoms. The summed E-state index contributed by atoms with van der Waals surface area (Å²) in [6, 6.07) is 2.15. The Kier molecular flexibility index (Phi) is 3.41. The summed E-state index contributed by atoms with van der Waals surface area (Å²) in [5.74, 6) is 1.01. The number of nitrogens with one attached hydrogen (secondary N) is 1. The van der Waals surface area contributed by atoms with Crippen molar-refractivity contribution in [2.45, 2.75) is 39.8 Å². The van der Waals surface area contributed by atoms with E-state index in [0.29, 0.717) is 5.41 Å². The summed E-state index contributed by atoms with van der Waals surface area (Å²) in [6.45, 7) is 11.1. The van der Waals surface area contributed by atoms with Crippen LogP contribution in [-0.4, -0.2) is 30.0 Å². The van der Waals surface area contributed by atoms with Crippen LogP contribution >= 0.6 is 11.3 Å². The molecule has 1 saturated heterocycles. The fourth-order valence-electron chi connectivity index (χ4n) is 2.27. The van der Waals surface area contributed by atoms with Gasteiger partial charge in [0.15, 0.2) is 5.96 Å². The Labute approximate surface area is 114 Å². The third kappa shape index (κ3) is 2.14. The lowest BCUT2D eigenvalue weighted by molar-refractivity contribution is -0.0667. The van der Waals surface area contributed by atoms with E-state index < -0.39 is 0 Å². The van der Waals surface area contributed by atoms with Crippen molar-refractivity contribution >= 4 is 17.3 Å². The average molecular weight is 265 g/mol. The number of aliphatic imine (C=N–C) groups is 1. The third-order valence-electron chi connectivity index (χ3n) is 4.38. The predicted molar refractivity (Wildman–Crippen MR) is 79.1 cm³/mol. The SMILES string of the molecule is CN=C(NCc1ccsc1)N1CC(C)(C)C1(C)C. The van der Waals surface area contributed by atoms with Crippen LogP contribution in [0.3, 0.4) is 0 Å². The van der Waals surface area contributed by atoms with Gasteiger partial charge >= 0.3 is 0 Å². The summed E-state index contributed by atoms with van der Waals surface area (Å²) in [5, 5.41) is 7.73. The van der Waals surface area contributed by atoms with Crippen LogP contribution in [0, 0.1) is 5.41 Å². The Morgan fingerprint density at radius 1 is 1.44 bits per heavy atom. The molecule has 100 valence electrons. The third-order valence-corrected chi connectivity index (χ3v) is 5.11. The molecule has 0 unspecified atom stereocenters. The van der Waals surface area contributed by atoms with Crippen LogP contribution in [-0.2, 0) is 6.54 Å². The van der Waals surface area contributed by atoms with Crippen molar-refractivity contribution in [3.63, 3.8) is 0 Å². The van der Waals surface area contributed by atoms with Gasteiger partial charge in [-0.3, -0.25) is 4.99 Å². The van der Waals surface area contributed by atoms with E-state index in [1.54, 1.807) is 11.3 Å². The molecule has 1 aliphatic rings. The lowest BCUT2D eigenvalue weighted by Gasteiger charge is -2.62. The highest BCUT2D eigenvalue weighted by Gasteiger charge is 2.53. The zero-order chi connectivity index (χ0) is 13.4. The van der Waals surface area contributed by atoms with E-state index in [-0.39, 0.29) is 5.54 Å². The molecule has 0 radical (unpaired) electrons. The Balaban J connectivity index is 1.99. The van der Waals surface area contributed by atoms with E-state index in [1.165, 1.54) is 5.56 Å². The van der Waals surface area contributed by atoms with Crippen molar-refractivity contribution in [2.24, 2.45) is 10.4 Å². The maximum Gasteiger partial charge on any atom is 0.194 e. The second-order valence-corrected chi connectivity index (χ2v) is 6.84. The van der Waals surface area contributed by atoms with Crippen molar-refractivity contribution in [1.82, 2.24) is 10.2 Å². The number of likely N-dealkylation sites (tertiary alicyclic amines) is 1. The summed E-state index contributed by atoms with van der Waals surface area (Å²) < 4.78 is 0. The van der Waals surface area contributed by atoms with E-state index in [4.69, 9.17) is 0 Å². The minimum absolute atomic E-state index is 0.156. The summed E-state index contributed by atoms with van der Waals surface area (Å²) in [7, 11) is 1.86. The molecule has 2 heterocycles. The molecule has 1 aliphatic heterocycles. The molecule has 0 atom stereocenters. The maximum atomic E-state index is 4.41. The van der Waals surface area contributed by atoms with Gasteiger partial charge in [0.25, 0.3) is 0 Å². The fourth-order valence-corrected chi connectivity index (χ4v) is 2.94. The van der Waals surface area contributed by atoms with E-state index in [9.17, 15) is 0 Å². The molecule has 1 aromatic heterocycles. The van der Waals surface area contributed by atoms with Crippen molar-refractivity contribution in [3.8, 4) is 0 Å². The molecule has 0 saturated carbocycles. The molecule has 0 spiro atoms. The largest absolute Gasteiger partial charge is 0.352 e. The van der Waals surface area contributed by atoms with Crippen molar-refractivity contribution in [1.29, 1.82) is 0 Å². The maximum absolute atomic E-state index is 4.41. The molecule has 1 aromatic rings. The summed E-state index contributed by atoms with van der Waals surface area (Å²) in [4.78, 5) is 6.77. The zero-order valence-corrected chi connectivity index (χ0v) is 12.8. The second kappa shape index (κ2) is 4.57. The topological polar surface area (TPSA) is 27.6 Å². The molecule has 4 heteroatoms. The van der Waals surface area contributed by atoms with Crippen LogP contribution in [0.1, 0.15) is 33.3 Å². The highest BCUT2D eigenvalue weighted by molar-refractivity contribution is 7.07. The summed E-state index contributed by atoms with van der Waals surface area (Å²) in [5.41, 5.74) is 1.81. The molecule has 0 aromatic carbocycles. The monoisotopic (exact) mass is 265 g/mol.